The Kier molecular flexibility index (Phi) is 3.60. The van der Waals surface area contributed by atoms with Crippen molar-refractivity contribution in [3.8, 4) is 0 Å². The molecule has 0 atom stereocenters. The van der Waals surface area contributed by atoms with Gasteiger partial charge in [-0.3, -0.25) is 4.98 Å². The molecule has 0 aliphatic rings. The smallest absolute Gasteiger partial charge is 0.0467 e. The number of benzene rings is 2. The third-order valence-corrected chi connectivity index (χ3v) is 2.86. The molecule has 3 nitrogen and oxygen atoms in total. The zero-order chi connectivity index (χ0) is 11.8. The van der Waals surface area contributed by atoms with Crippen LogP contribution in [0.5, 0.6) is 0 Å². The van der Waals surface area contributed by atoms with Crippen molar-refractivity contribution >= 4 is 27.5 Å². The molecule has 4 heteroatoms. The summed E-state index contributed by atoms with van der Waals surface area (Å²) in [5.74, 6) is 0. The molecule has 3 rings (SSSR count). The van der Waals surface area contributed by atoms with E-state index in [1.807, 2.05) is 26.2 Å². The van der Waals surface area contributed by atoms with Crippen molar-refractivity contribution in [2.45, 2.75) is 0 Å². The summed E-state index contributed by atoms with van der Waals surface area (Å²) in [7, 11) is 4.05. The Morgan fingerprint density at radius 3 is 2.67 bits per heavy atom. The summed E-state index contributed by atoms with van der Waals surface area (Å²) in [6.45, 7) is 0. The van der Waals surface area contributed by atoms with Gasteiger partial charge in [-0.2, -0.15) is 0 Å². The van der Waals surface area contributed by atoms with E-state index in [1.165, 1.54) is 0 Å². The number of hydrogen-bond donors (Lipinski definition) is 0. The molecule has 0 fully saturated rings. The molecule has 1 heterocycles. The zero-order valence-corrected chi connectivity index (χ0v) is 12.5. The third kappa shape index (κ3) is 2.09. The Morgan fingerprint density at radius 2 is 1.89 bits per heavy atom. The Hall–Kier alpha value is -1.51. The number of anilines is 1. The van der Waals surface area contributed by atoms with Crippen molar-refractivity contribution < 1.29 is 20.1 Å². The van der Waals surface area contributed by atoms with Crippen molar-refractivity contribution in [3.63, 3.8) is 0 Å². The van der Waals surface area contributed by atoms with Crippen LogP contribution in [0.1, 0.15) is 0 Å². The molecule has 1 radical (unpaired) electrons. The van der Waals surface area contributed by atoms with E-state index in [0.29, 0.717) is 0 Å². The number of rotatable bonds is 1. The largest absolute Gasteiger partial charge is 0.416 e. The van der Waals surface area contributed by atoms with E-state index >= 15 is 0 Å². The number of nitrogens with zero attached hydrogens (tertiary/aromatic N) is 3. The molecule has 1 aromatic heterocycles. The van der Waals surface area contributed by atoms with Gasteiger partial charge in [-0.15, -0.1) is 29.0 Å². The zero-order valence-electron chi connectivity index (χ0n) is 10.1. The van der Waals surface area contributed by atoms with Crippen molar-refractivity contribution in [3.05, 3.63) is 42.7 Å². The van der Waals surface area contributed by atoms with Gasteiger partial charge in [0.25, 0.3) is 0 Å². The number of fused-ring (bicyclic) bond motifs is 3. The fourth-order valence-corrected chi connectivity index (χ4v) is 1.93. The van der Waals surface area contributed by atoms with Crippen LogP contribution in [-0.4, -0.2) is 24.1 Å². The van der Waals surface area contributed by atoms with Gasteiger partial charge in [0.15, 0.2) is 0 Å². The quantitative estimate of drug-likeness (QED) is 0.453. The predicted octanol–water partition coefficient (Wildman–Crippen LogP) is 2.65. The normalized spacial score (nSPS) is 10.3. The SMILES string of the molecule is CN(C)c1c[c-]c2c(ccc3nccnc32)c1.[Ir]. The molecule has 2 aromatic carbocycles. The summed E-state index contributed by atoms with van der Waals surface area (Å²) in [5.41, 5.74) is 2.96. The average molecular weight is 414 g/mol. The molecule has 93 valence electrons. The third-order valence-electron chi connectivity index (χ3n) is 2.86. The fraction of sp³-hybridized carbons (Fsp3) is 0.143. The minimum Gasteiger partial charge on any atom is -0.416 e. The van der Waals surface area contributed by atoms with Crippen LogP contribution in [0, 0.1) is 6.07 Å². The molecule has 0 bridgehead atoms. The van der Waals surface area contributed by atoms with Crippen LogP contribution in [0.15, 0.2) is 36.7 Å². The monoisotopic (exact) mass is 415 g/mol. The Bertz CT molecular complexity index is 695. The van der Waals surface area contributed by atoms with Crippen LogP contribution in [0.25, 0.3) is 21.8 Å². The summed E-state index contributed by atoms with van der Waals surface area (Å²) < 4.78 is 0. The molecule has 0 saturated heterocycles. The molecule has 0 spiro atoms. The van der Waals surface area contributed by atoms with Crippen LogP contribution in [0.4, 0.5) is 5.69 Å². The van der Waals surface area contributed by atoms with E-state index in [1.54, 1.807) is 12.4 Å². The Morgan fingerprint density at radius 1 is 1.11 bits per heavy atom. The van der Waals surface area contributed by atoms with Gasteiger partial charge < -0.3 is 9.88 Å². The maximum atomic E-state index is 4.38. The summed E-state index contributed by atoms with van der Waals surface area (Å²) in [4.78, 5) is 10.7. The summed E-state index contributed by atoms with van der Waals surface area (Å²) in [6, 6.07) is 11.5. The summed E-state index contributed by atoms with van der Waals surface area (Å²) in [6.07, 6.45) is 3.43. The van der Waals surface area contributed by atoms with Gasteiger partial charge in [0, 0.05) is 43.5 Å². The molecule has 0 aliphatic heterocycles. The Balaban J connectivity index is 0.00000120. The van der Waals surface area contributed by atoms with Crippen LogP contribution >= 0.6 is 0 Å². The fourth-order valence-electron chi connectivity index (χ4n) is 1.93. The van der Waals surface area contributed by atoms with E-state index in [-0.39, 0.29) is 20.1 Å². The topological polar surface area (TPSA) is 29.0 Å². The van der Waals surface area contributed by atoms with E-state index in [4.69, 9.17) is 0 Å². The minimum atomic E-state index is 0. The molecular weight excluding hydrogens is 402 g/mol. The molecule has 3 aromatic rings. The number of aromatic nitrogens is 2. The second kappa shape index (κ2) is 5.01. The second-order valence-corrected chi connectivity index (χ2v) is 4.21. The van der Waals surface area contributed by atoms with Gasteiger partial charge in [-0.1, -0.05) is 12.1 Å². The molecule has 0 unspecified atom stereocenters. The first-order valence-corrected chi connectivity index (χ1v) is 5.48. The van der Waals surface area contributed by atoms with Crippen molar-refractivity contribution in [1.82, 2.24) is 9.97 Å². The van der Waals surface area contributed by atoms with Gasteiger partial charge >= 0.3 is 0 Å². The maximum Gasteiger partial charge on any atom is 0.0467 e. The van der Waals surface area contributed by atoms with E-state index in [0.717, 1.165) is 27.5 Å². The van der Waals surface area contributed by atoms with Crippen molar-refractivity contribution in [2.75, 3.05) is 19.0 Å². The molecule has 0 N–H and O–H groups in total. The van der Waals surface area contributed by atoms with Gasteiger partial charge in [-0.05, 0) is 19.8 Å². The first-order chi connectivity index (χ1) is 8.25. The molecular formula is C14H12IrN3-. The summed E-state index contributed by atoms with van der Waals surface area (Å²) in [5, 5.41) is 2.17. The first-order valence-electron chi connectivity index (χ1n) is 5.48. The van der Waals surface area contributed by atoms with E-state index in [2.05, 4.69) is 33.1 Å². The van der Waals surface area contributed by atoms with Gasteiger partial charge in [0.2, 0.25) is 0 Å². The Labute approximate surface area is 119 Å². The van der Waals surface area contributed by atoms with Crippen LogP contribution < -0.4 is 4.90 Å². The second-order valence-electron chi connectivity index (χ2n) is 4.21. The minimum absolute atomic E-state index is 0. The van der Waals surface area contributed by atoms with Gasteiger partial charge in [0.05, 0.1) is 0 Å². The number of hydrogen-bond acceptors (Lipinski definition) is 3. The van der Waals surface area contributed by atoms with Crippen LogP contribution in [0.3, 0.4) is 0 Å². The van der Waals surface area contributed by atoms with Crippen LogP contribution in [0.2, 0.25) is 0 Å². The van der Waals surface area contributed by atoms with Gasteiger partial charge in [-0.25, -0.2) is 0 Å². The molecule has 18 heavy (non-hydrogen) atoms. The average Bonchev–Trinajstić information content (AvgIpc) is 2.38. The van der Waals surface area contributed by atoms with Crippen molar-refractivity contribution in [2.24, 2.45) is 0 Å². The van der Waals surface area contributed by atoms with E-state index in [9.17, 15) is 0 Å². The van der Waals surface area contributed by atoms with Crippen LogP contribution in [-0.2, 0) is 20.1 Å². The predicted molar refractivity (Wildman–Crippen MR) is 70.2 cm³/mol. The van der Waals surface area contributed by atoms with Crippen molar-refractivity contribution in [1.29, 1.82) is 0 Å². The summed E-state index contributed by atoms with van der Waals surface area (Å²) >= 11 is 0. The van der Waals surface area contributed by atoms with Gasteiger partial charge in [0.1, 0.15) is 0 Å². The standard InChI is InChI=1S/C14H12N3.Ir/c1-17(2)11-4-5-12-10(9-11)3-6-13-14(12)16-8-7-15-13;/h3-4,6-9H,1-2H3;/q-1;. The maximum absolute atomic E-state index is 4.38. The molecule has 0 amide bonds. The van der Waals surface area contributed by atoms with E-state index < -0.39 is 0 Å². The molecule has 0 saturated carbocycles. The molecule has 0 aliphatic carbocycles. The first kappa shape index (κ1) is 12.9.